The zero-order valence-electron chi connectivity index (χ0n) is 6.48. The first-order valence-electron chi connectivity index (χ1n) is 3.47. The summed E-state index contributed by atoms with van der Waals surface area (Å²) < 4.78 is 2.23. The number of thiophene rings is 2. The Morgan fingerprint density at radius 3 is 2.36 bits per heavy atom. The Hall–Kier alpha value is 0.750. The van der Waals surface area contributed by atoms with E-state index in [0.717, 1.165) is 14.9 Å². The molecule has 0 bridgehead atoms. The first-order chi connectivity index (χ1) is 6.59. The van der Waals surface area contributed by atoms with Crippen molar-refractivity contribution in [3.8, 4) is 10.4 Å². The van der Waals surface area contributed by atoms with Crippen molar-refractivity contribution in [1.82, 2.24) is 0 Å². The normalized spacial score (nSPS) is 10.9. The fourth-order valence-electron chi connectivity index (χ4n) is 0.999. The molecule has 0 amide bonds. The lowest BCUT2D eigenvalue weighted by atomic mass is 10.3. The standard InChI is InChI=1S/C8H2BrCl3S2/c9-4-2-13-7(6(4)11)3-1-5(10)14-8(3)12/h1-2H. The van der Waals surface area contributed by atoms with E-state index < -0.39 is 0 Å². The van der Waals surface area contributed by atoms with Crippen molar-refractivity contribution in [2.24, 2.45) is 0 Å². The minimum absolute atomic E-state index is 0.672. The van der Waals surface area contributed by atoms with E-state index in [1.54, 1.807) is 11.3 Å². The maximum absolute atomic E-state index is 6.09. The fourth-order valence-corrected chi connectivity index (χ4v) is 4.40. The Bertz CT molecular complexity index is 475. The van der Waals surface area contributed by atoms with Crippen LogP contribution in [-0.2, 0) is 0 Å². The van der Waals surface area contributed by atoms with Crippen molar-refractivity contribution < 1.29 is 0 Å². The van der Waals surface area contributed by atoms with Crippen LogP contribution in [0.5, 0.6) is 0 Å². The molecule has 0 saturated carbocycles. The monoisotopic (exact) mass is 346 g/mol. The summed E-state index contributed by atoms with van der Waals surface area (Å²) in [6, 6.07) is 1.83. The molecule has 0 aliphatic heterocycles. The molecule has 14 heavy (non-hydrogen) atoms. The Labute approximate surface area is 113 Å². The lowest BCUT2D eigenvalue weighted by molar-refractivity contribution is 1.83. The first kappa shape index (κ1) is 11.2. The predicted octanol–water partition coefficient (Wildman–Crippen LogP) is 6.20. The lowest BCUT2D eigenvalue weighted by Crippen LogP contribution is -1.67. The van der Waals surface area contributed by atoms with Crippen molar-refractivity contribution in [2.45, 2.75) is 0 Å². The summed E-state index contributed by atoms with van der Waals surface area (Å²) in [4.78, 5) is 0.951. The van der Waals surface area contributed by atoms with Crippen LogP contribution in [0, 0.1) is 0 Å². The second kappa shape index (κ2) is 4.32. The van der Waals surface area contributed by atoms with Crippen LogP contribution >= 0.6 is 73.4 Å². The molecule has 0 unspecified atom stereocenters. The highest BCUT2D eigenvalue weighted by molar-refractivity contribution is 9.10. The van der Waals surface area contributed by atoms with Gasteiger partial charge in [0.15, 0.2) is 0 Å². The van der Waals surface area contributed by atoms with Gasteiger partial charge in [0, 0.05) is 15.4 Å². The first-order valence-corrected chi connectivity index (χ1v) is 7.09. The molecule has 0 aliphatic carbocycles. The molecule has 2 aromatic rings. The average molecular weight is 349 g/mol. The summed E-state index contributed by atoms with van der Waals surface area (Å²) in [7, 11) is 0. The van der Waals surface area contributed by atoms with Crippen molar-refractivity contribution in [1.29, 1.82) is 0 Å². The summed E-state index contributed by atoms with van der Waals surface area (Å²) in [5.74, 6) is 0. The molecule has 2 aromatic heterocycles. The quantitative estimate of drug-likeness (QED) is 0.575. The van der Waals surface area contributed by atoms with Crippen LogP contribution in [0.1, 0.15) is 0 Å². The van der Waals surface area contributed by atoms with Gasteiger partial charge in [-0.3, -0.25) is 0 Å². The highest BCUT2D eigenvalue weighted by Gasteiger charge is 2.15. The molecule has 6 heteroatoms. The van der Waals surface area contributed by atoms with E-state index in [2.05, 4.69) is 15.9 Å². The zero-order valence-corrected chi connectivity index (χ0v) is 12.0. The molecule has 0 atom stereocenters. The van der Waals surface area contributed by atoms with Crippen LogP contribution in [0.4, 0.5) is 0 Å². The second-order valence-corrected chi connectivity index (χ2v) is 6.86. The summed E-state index contributed by atoms with van der Waals surface area (Å²) >= 11 is 24.2. The lowest BCUT2D eigenvalue weighted by Gasteiger charge is -1.94. The summed E-state index contributed by atoms with van der Waals surface area (Å²) in [5.41, 5.74) is 0.905. The number of halogens is 4. The number of hydrogen-bond donors (Lipinski definition) is 0. The Morgan fingerprint density at radius 2 is 1.93 bits per heavy atom. The van der Waals surface area contributed by atoms with Gasteiger partial charge < -0.3 is 0 Å². The van der Waals surface area contributed by atoms with E-state index in [1.807, 2.05) is 11.4 Å². The van der Waals surface area contributed by atoms with E-state index in [0.29, 0.717) is 13.7 Å². The largest absolute Gasteiger partial charge is 0.141 e. The van der Waals surface area contributed by atoms with Gasteiger partial charge in [-0.1, -0.05) is 34.8 Å². The zero-order chi connectivity index (χ0) is 10.3. The van der Waals surface area contributed by atoms with Crippen LogP contribution in [0.25, 0.3) is 10.4 Å². The molecule has 2 heterocycles. The van der Waals surface area contributed by atoms with E-state index in [-0.39, 0.29) is 0 Å². The van der Waals surface area contributed by atoms with Crippen molar-refractivity contribution in [3.05, 3.63) is 29.6 Å². The highest BCUT2D eigenvalue weighted by atomic mass is 79.9. The topological polar surface area (TPSA) is 0 Å². The van der Waals surface area contributed by atoms with Crippen molar-refractivity contribution in [3.63, 3.8) is 0 Å². The minimum atomic E-state index is 0.672. The molecule has 74 valence electrons. The number of hydrogen-bond acceptors (Lipinski definition) is 2. The SMILES string of the molecule is Clc1cc(-c2scc(Br)c2Cl)c(Cl)s1. The second-order valence-electron chi connectivity index (χ2n) is 2.46. The van der Waals surface area contributed by atoms with Crippen LogP contribution in [-0.4, -0.2) is 0 Å². The molecule has 2 rings (SSSR count). The average Bonchev–Trinajstić information content (AvgIpc) is 2.59. The van der Waals surface area contributed by atoms with Crippen molar-refractivity contribution >= 4 is 73.4 Å². The highest BCUT2D eigenvalue weighted by Crippen LogP contribution is 2.46. The van der Waals surface area contributed by atoms with Gasteiger partial charge in [-0.15, -0.1) is 22.7 Å². The summed E-state index contributed by atoms with van der Waals surface area (Å²) in [5, 5.41) is 2.62. The van der Waals surface area contributed by atoms with Gasteiger partial charge in [-0.05, 0) is 22.0 Å². The summed E-state index contributed by atoms with van der Waals surface area (Å²) in [6.07, 6.45) is 0. The molecule has 0 nitrogen and oxygen atoms in total. The van der Waals surface area contributed by atoms with Gasteiger partial charge in [-0.25, -0.2) is 0 Å². The Morgan fingerprint density at radius 1 is 1.21 bits per heavy atom. The fraction of sp³-hybridized carbons (Fsp3) is 0. The van der Waals surface area contributed by atoms with Crippen LogP contribution in [0.2, 0.25) is 13.7 Å². The smallest absolute Gasteiger partial charge is 0.103 e. The molecule has 0 spiro atoms. The van der Waals surface area contributed by atoms with E-state index in [9.17, 15) is 0 Å². The van der Waals surface area contributed by atoms with E-state index >= 15 is 0 Å². The summed E-state index contributed by atoms with van der Waals surface area (Å²) in [6.45, 7) is 0. The van der Waals surface area contributed by atoms with Gasteiger partial charge >= 0.3 is 0 Å². The van der Waals surface area contributed by atoms with E-state index in [1.165, 1.54) is 11.3 Å². The maximum atomic E-state index is 6.09. The van der Waals surface area contributed by atoms with Crippen LogP contribution < -0.4 is 0 Å². The van der Waals surface area contributed by atoms with Crippen LogP contribution in [0.15, 0.2) is 15.9 Å². The van der Waals surface area contributed by atoms with Gasteiger partial charge in [0.1, 0.15) is 4.34 Å². The Kier molecular flexibility index (Phi) is 3.47. The minimum Gasteiger partial charge on any atom is -0.141 e. The molecule has 0 fully saturated rings. The molecular formula is C8H2BrCl3S2. The predicted molar refractivity (Wildman–Crippen MR) is 70.4 cm³/mol. The molecule has 0 N–H and O–H groups in total. The molecule has 0 radical (unpaired) electrons. The van der Waals surface area contributed by atoms with E-state index in [4.69, 9.17) is 34.8 Å². The Balaban J connectivity index is 2.59. The van der Waals surface area contributed by atoms with Gasteiger partial charge in [-0.2, -0.15) is 0 Å². The van der Waals surface area contributed by atoms with Gasteiger partial charge in [0.2, 0.25) is 0 Å². The molecular weight excluding hydrogens is 346 g/mol. The van der Waals surface area contributed by atoms with Crippen LogP contribution in [0.3, 0.4) is 0 Å². The number of rotatable bonds is 1. The van der Waals surface area contributed by atoms with Crippen molar-refractivity contribution in [2.75, 3.05) is 0 Å². The van der Waals surface area contributed by atoms with Gasteiger partial charge in [0.25, 0.3) is 0 Å². The third-order valence-electron chi connectivity index (χ3n) is 1.59. The molecule has 0 saturated heterocycles. The maximum Gasteiger partial charge on any atom is 0.103 e. The van der Waals surface area contributed by atoms with Gasteiger partial charge in [0.05, 0.1) is 14.2 Å². The third-order valence-corrected chi connectivity index (χ3v) is 5.75. The third kappa shape index (κ3) is 1.99. The molecule has 0 aromatic carbocycles. The molecule has 0 aliphatic rings.